The van der Waals surface area contributed by atoms with Crippen molar-refractivity contribution in [1.29, 1.82) is 0 Å². The molecule has 112 valence electrons. The number of aryl methyl sites for hydroxylation is 1. The van der Waals surface area contributed by atoms with E-state index in [1.54, 1.807) is 0 Å². The third kappa shape index (κ3) is 5.96. The Hall–Kier alpha value is -1.87. The maximum Gasteiger partial charge on any atom is 0.213 e. The van der Waals surface area contributed by atoms with Crippen molar-refractivity contribution in [3.63, 3.8) is 0 Å². The van der Waals surface area contributed by atoms with Gasteiger partial charge in [-0.25, -0.2) is 4.98 Å². The summed E-state index contributed by atoms with van der Waals surface area (Å²) in [5.41, 5.74) is 2.55. The monoisotopic (exact) mass is 284 g/mol. The van der Waals surface area contributed by atoms with Crippen LogP contribution in [0.15, 0.2) is 48.7 Å². The normalized spacial score (nSPS) is 10.5. The van der Waals surface area contributed by atoms with E-state index in [9.17, 15) is 0 Å². The second-order valence-electron chi connectivity index (χ2n) is 5.12. The summed E-state index contributed by atoms with van der Waals surface area (Å²) in [7, 11) is 0. The Morgan fingerprint density at radius 1 is 1.05 bits per heavy atom. The first-order valence-electron chi connectivity index (χ1n) is 7.71. The molecule has 1 heterocycles. The van der Waals surface area contributed by atoms with Crippen molar-refractivity contribution in [3.8, 4) is 5.88 Å². The zero-order valence-corrected chi connectivity index (χ0v) is 12.7. The first-order chi connectivity index (χ1) is 10.4. The van der Waals surface area contributed by atoms with Crippen LogP contribution in [0.3, 0.4) is 0 Å². The van der Waals surface area contributed by atoms with Gasteiger partial charge in [0.25, 0.3) is 0 Å². The topological polar surface area (TPSA) is 34.1 Å². The number of nitrogens with zero attached hydrogens (tertiary/aromatic N) is 1. The number of benzene rings is 1. The fraction of sp³-hybridized carbons (Fsp3) is 0.389. The molecule has 1 aromatic heterocycles. The van der Waals surface area contributed by atoms with E-state index in [2.05, 4.69) is 47.6 Å². The fourth-order valence-corrected chi connectivity index (χ4v) is 2.11. The van der Waals surface area contributed by atoms with Crippen LogP contribution in [0.25, 0.3) is 0 Å². The van der Waals surface area contributed by atoms with Crippen LogP contribution in [-0.4, -0.2) is 18.1 Å². The zero-order chi connectivity index (χ0) is 14.8. The Morgan fingerprint density at radius 2 is 1.90 bits per heavy atom. The summed E-state index contributed by atoms with van der Waals surface area (Å²) in [5.74, 6) is 0.710. The molecule has 1 aromatic carbocycles. The van der Waals surface area contributed by atoms with Gasteiger partial charge in [-0.1, -0.05) is 43.3 Å². The van der Waals surface area contributed by atoms with Gasteiger partial charge in [0.1, 0.15) is 0 Å². The lowest BCUT2D eigenvalue weighted by molar-refractivity contribution is 0.299. The van der Waals surface area contributed by atoms with Crippen LogP contribution in [0.5, 0.6) is 5.88 Å². The second-order valence-corrected chi connectivity index (χ2v) is 5.12. The van der Waals surface area contributed by atoms with Crippen molar-refractivity contribution in [1.82, 2.24) is 10.3 Å². The van der Waals surface area contributed by atoms with E-state index in [1.807, 2.05) is 18.3 Å². The van der Waals surface area contributed by atoms with Gasteiger partial charge >= 0.3 is 0 Å². The minimum atomic E-state index is 0.704. The van der Waals surface area contributed by atoms with Crippen molar-refractivity contribution in [3.05, 3.63) is 59.8 Å². The Kier molecular flexibility index (Phi) is 6.75. The summed E-state index contributed by atoms with van der Waals surface area (Å²) in [5, 5.41) is 3.36. The summed E-state index contributed by atoms with van der Waals surface area (Å²) in [6.07, 6.45) is 5.08. The largest absolute Gasteiger partial charge is 0.478 e. The Bertz CT molecular complexity index is 496. The van der Waals surface area contributed by atoms with Crippen LogP contribution in [0, 0.1) is 0 Å². The minimum absolute atomic E-state index is 0.704. The molecule has 0 saturated carbocycles. The molecule has 0 fully saturated rings. The van der Waals surface area contributed by atoms with Crippen molar-refractivity contribution in [2.24, 2.45) is 0 Å². The molecule has 21 heavy (non-hydrogen) atoms. The SMILES string of the molecule is CCCNCc1ccc(OCCCc2ccccc2)nc1. The van der Waals surface area contributed by atoms with E-state index in [4.69, 9.17) is 4.74 Å². The molecule has 0 aliphatic heterocycles. The Morgan fingerprint density at radius 3 is 2.62 bits per heavy atom. The number of hydrogen-bond acceptors (Lipinski definition) is 3. The van der Waals surface area contributed by atoms with Crippen LogP contribution in [-0.2, 0) is 13.0 Å². The maximum absolute atomic E-state index is 5.68. The quantitative estimate of drug-likeness (QED) is 0.715. The van der Waals surface area contributed by atoms with Gasteiger partial charge in [-0.2, -0.15) is 0 Å². The van der Waals surface area contributed by atoms with E-state index in [1.165, 1.54) is 11.1 Å². The zero-order valence-electron chi connectivity index (χ0n) is 12.7. The van der Waals surface area contributed by atoms with Gasteiger partial charge in [-0.05, 0) is 36.9 Å². The molecule has 2 rings (SSSR count). The van der Waals surface area contributed by atoms with E-state index in [0.717, 1.165) is 32.4 Å². The van der Waals surface area contributed by atoms with Crippen molar-refractivity contribution in [2.75, 3.05) is 13.2 Å². The predicted octanol–water partition coefficient (Wildman–Crippen LogP) is 3.59. The highest BCUT2D eigenvalue weighted by Gasteiger charge is 1.98. The lowest BCUT2D eigenvalue weighted by Crippen LogP contribution is -2.13. The molecule has 0 saturated heterocycles. The molecule has 3 nitrogen and oxygen atoms in total. The third-order valence-electron chi connectivity index (χ3n) is 3.26. The summed E-state index contributed by atoms with van der Waals surface area (Å²) >= 11 is 0. The predicted molar refractivity (Wildman–Crippen MR) is 86.5 cm³/mol. The average Bonchev–Trinajstić information content (AvgIpc) is 2.54. The molecule has 3 heteroatoms. The Labute approximate surface area is 127 Å². The molecule has 1 N–H and O–H groups in total. The molecule has 0 amide bonds. The van der Waals surface area contributed by atoms with Gasteiger partial charge in [0.2, 0.25) is 5.88 Å². The van der Waals surface area contributed by atoms with Crippen molar-refractivity contribution >= 4 is 0 Å². The molecule has 0 bridgehead atoms. The third-order valence-corrected chi connectivity index (χ3v) is 3.26. The molecular formula is C18H24N2O. The number of nitrogens with one attached hydrogen (secondary N) is 1. The number of pyridine rings is 1. The van der Waals surface area contributed by atoms with Crippen molar-refractivity contribution in [2.45, 2.75) is 32.7 Å². The molecule has 0 aliphatic rings. The van der Waals surface area contributed by atoms with Crippen LogP contribution < -0.4 is 10.1 Å². The number of aromatic nitrogens is 1. The fourth-order valence-electron chi connectivity index (χ4n) is 2.11. The smallest absolute Gasteiger partial charge is 0.213 e. The molecule has 0 aliphatic carbocycles. The highest BCUT2D eigenvalue weighted by atomic mass is 16.5. The molecule has 2 aromatic rings. The van der Waals surface area contributed by atoms with Crippen molar-refractivity contribution < 1.29 is 4.74 Å². The van der Waals surface area contributed by atoms with Crippen LogP contribution >= 0.6 is 0 Å². The number of ether oxygens (including phenoxy) is 1. The molecule has 0 spiro atoms. The molecular weight excluding hydrogens is 260 g/mol. The lowest BCUT2D eigenvalue weighted by Gasteiger charge is -2.07. The van der Waals surface area contributed by atoms with Gasteiger partial charge in [-0.3, -0.25) is 0 Å². The average molecular weight is 284 g/mol. The highest BCUT2D eigenvalue weighted by molar-refractivity contribution is 5.18. The van der Waals surface area contributed by atoms with E-state index in [-0.39, 0.29) is 0 Å². The van der Waals surface area contributed by atoms with Gasteiger partial charge in [0, 0.05) is 18.8 Å². The summed E-state index contributed by atoms with van der Waals surface area (Å²) in [4.78, 5) is 4.34. The first kappa shape index (κ1) is 15.5. The van der Waals surface area contributed by atoms with E-state index < -0.39 is 0 Å². The van der Waals surface area contributed by atoms with Crippen LogP contribution in [0.4, 0.5) is 0 Å². The van der Waals surface area contributed by atoms with E-state index in [0.29, 0.717) is 12.5 Å². The lowest BCUT2D eigenvalue weighted by atomic mass is 10.1. The number of rotatable bonds is 9. The first-order valence-corrected chi connectivity index (χ1v) is 7.71. The maximum atomic E-state index is 5.68. The molecule has 0 radical (unpaired) electrons. The summed E-state index contributed by atoms with van der Waals surface area (Å²) in [6, 6.07) is 14.5. The number of hydrogen-bond donors (Lipinski definition) is 1. The molecule has 0 unspecified atom stereocenters. The summed E-state index contributed by atoms with van der Waals surface area (Å²) < 4.78 is 5.68. The summed E-state index contributed by atoms with van der Waals surface area (Å²) in [6.45, 7) is 4.78. The van der Waals surface area contributed by atoms with Gasteiger partial charge in [0.15, 0.2) is 0 Å². The van der Waals surface area contributed by atoms with Gasteiger partial charge < -0.3 is 10.1 Å². The Balaban J connectivity index is 1.66. The van der Waals surface area contributed by atoms with Gasteiger partial charge in [0.05, 0.1) is 6.61 Å². The minimum Gasteiger partial charge on any atom is -0.478 e. The second kappa shape index (κ2) is 9.14. The van der Waals surface area contributed by atoms with Crippen LogP contribution in [0.2, 0.25) is 0 Å². The standard InChI is InChI=1S/C18H24N2O/c1-2-12-19-14-17-10-11-18(20-15-17)21-13-6-9-16-7-4-3-5-8-16/h3-5,7-8,10-11,15,19H,2,6,9,12-14H2,1H3. The van der Waals surface area contributed by atoms with Crippen LogP contribution in [0.1, 0.15) is 30.9 Å². The molecule has 0 atom stereocenters. The highest BCUT2D eigenvalue weighted by Crippen LogP contribution is 2.09. The van der Waals surface area contributed by atoms with Gasteiger partial charge in [-0.15, -0.1) is 0 Å². The van der Waals surface area contributed by atoms with E-state index >= 15 is 0 Å².